The fraction of sp³-hybridized carbons (Fsp3) is 0.200. The minimum atomic E-state index is -3.78. The van der Waals surface area contributed by atoms with Crippen LogP contribution in [0.4, 0.5) is 5.69 Å². The molecule has 116 valence electrons. The van der Waals surface area contributed by atoms with Crippen LogP contribution in [0.5, 0.6) is 0 Å². The van der Waals surface area contributed by atoms with Crippen molar-refractivity contribution in [2.45, 2.75) is 24.3 Å². The Kier molecular flexibility index (Phi) is 4.30. The zero-order chi connectivity index (χ0) is 16.4. The summed E-state index contributed by atoms with van der Waals surface area (Å²) in [5.41, 5.74) is -0.135. The predicted octanol–water partition coefficient (Wildman–Crippen LogP) is 2.81. The summed E-state index contributed by atoms with van der Waals surface area (Å²) in [5.74, 6) is 0. The Hall–Kier alpha value is -2.25. The number of nitro benzene ring substituents is 1. The highest BCUT2D eigenvalue weighted by molar-refractivity contribution is 7.89. The third-order valence-corrected chi connectivity index (χ3v) is 4.91. The van der Waals surface area contributed by atoms with E-state index in [1.165, 1.54) is 24.3 Å². The Bertz CT molecular complexity index is 769. The van der Waals surface area contributed by atoms with Gasteiger partial charge in [0.1, 0.15) is 0 Å². The highest BCUT2D eigenvalue weighted by atomic mass is 32.2. The number of nitro groups is 1. The Morgan fingerprint density at radius 1 is 1.00 bits per heavy atom. The molecule has 0 aliphatic carbocycles. The standard InChI is InChI=1S/C15H16N2O4S/c1-15(2,12-6-4-3-5-7-12)16-22(20,21)14-10-8-13(9-11-14)17(18)19/h3-11,16H,1-2H3. The van der Waals surface area contributed by atoms with Gasteiger partial charge in [-0.2, -0.15) is 0 Å². The average Bonchev–Trinajstić information content (AvgIpc) is 2.47. The molecule has 0 spiro atoms. The lowest BCUT2D eigenvalue weighted by Crippen LogP contribution is -2.40. The van der Waals surface area contributed by atoms with Gasteiger partial charge in [-0.05, 0) is 31.5 Å². The van der Waals surface area contributed by atoms with E-state index >= 15 is 0 Å². The number of hydrogen-bond donors (Lipinski definition) is 1. The molecule has 0 heterocycles. The predicted molar refractivity (Wildman–Crippen MR) is 82.9 cm³/mol. The van der Waals surface area contributed by atoms with Crippen molar-refractivity contribution in [3.8, 4) is 0 Å². The Labute approximate surface area is 129 Å². The molecule has 0 aliphatic heterocycles. The van der Waals surface area contributed by atoms with Crippen molar-refractivity contribution < 1.29 is 13.3 Å². The third-order valence-electron chi connectivity index (χ3n) is 3.24. The molecule has 2 rings (SSSR count). The molecule has 2 aromatic carbocycles. The van der Waals surface area contributed by atoms with Crippen molar-refractivity contribution >= 4 is 15.7 Å². The summed E-state index contributed by atoms with van der Waals surface area (Å²) < 4.78 is 27.5. The van der Waals surface area contributed by atoms with Crippen molar-refractivity contribution in [2.24, 2.45) is 0 Å². The lowest BCUT2D eigenvalue weighted by atomic mass is 9.96. The Morgan fingerprint density at radius 2 is 1.55 bits per heavy atom. The molecular formula is C15H16N2O4S. The first-order valence-electron chi connectivity index (χ1n) is 6.56. The summed E-state index contributed by atoms with van der Waals surface area (Å²) >= 11 is 0. The first kappa shape index (κ1) is 16.1. The van der Waals surface area contributed by atoms with Gasteiger partial charge in [0.15, 0.2) is 0 Å². The molecule has 0 saturated heterocycles. The summed E-state index contributed by atoms with van der Waals surface area (Å²) in [4.78, 5) is 10.0. The zero-order valence-electron chi connectivity index (χ0n) is 12.2. The molecule has 0 amide bonds. The van der Waals surface area contributed by atoms with Gasteiger partial charge in [-0.15, -0.1) is 0 Å². The average molecular weight is 320 g/mol. The van der Waals surface area contributed by atoms with E-state index in [-0.39, 0.29) is 10.6 Å². The normalized spacial score (nSPS) is 12.1. The first-order valence-corrected chi connectivity index (χ1v) is 8.05. The van der Waals surface area contributed by atoms with Gasteiger partial charge in [0, 0.05) is 12.1 Å². The van der Waals surface area contributed by atoms with Gasteiger partial charge in [0.05, 0.1) is 15.4 Å². The number of non-ortho nitro benzene ring substituents is 1. The maximum Gasteiger partial charge on any atom is 0.269 e. The molecule has 0 aliphatic rings. The monoisotopic (exact) mass is 320 g/mol. The number of rotatable bonds is 5. The van der Waals surface area contributed by atoms with Gasteiger partial charge in [-0.3, -0.25) is 10.1 Å². The molecule has 1 N–H and O–H groups in total. The molecule has 0 fully saturated rings. The van der Waals surface area contributed by atoms with Gasteiger partial charge in [-0.1, -0.05) is 30.3 Å². The SMILES string of the molecule is CC(C)(NS(=O)(=O)c1ccc([N+](=O)[O-])cc1)c1ccccc1. The van der Waals surface area contributed by atoms with Crippen LogP contribution in [-0.4, -0.2) is 13.3 Å². The lowest BCUT2D eigenvalue weighted by molar-refractivity contribution is -0.384. The van der Waals surface area contributed by atoms with Crippen LogP contribution in [0.2, 0.25) is 0 Å². The Balaban J connectivity index is 2.29. The van der Waals surface area contributed by atoms with Gasteiger partial charge in [0.25, 0.3) is 5.69 Å². The zero-order valence-corrected chi connectivity index (χ0v) is 13.0. The molecule has 0 bridgehead atoms. The summed E-state index contributed by atoms with van der Waals surface area (Å²) in [7, 11) is -3.78. The van der Waals surface area contributed by atoms with E-state index < -0.39 is 20.5 Å². The van der Waals surface area contributed by atoms with E-state index in [1.807, 2.05) is 30.3 Å². The molecule has 0 aromatic heterocycles. The molecule has 6 nitrogen and oxygen atoms in total. The van der Waals surface area contributed by atoms with Crippen LogP contribution < -0.4 is 4.72 Å². The highest BCUT2D eigenvalue weighted by Gasteiger charge is 2.28. The third kappa shape index (κ3) is 3.49. The molecule has 0 atom stereocenters. The fourth-order valence-electron chi connectivity index (χ4n) is 2.06. The number of hydrogen-bond acceptors (Lipinski definition) is 4. The number of sulfonamides is 1. The lowest BCUT2D eigenvalue weighted by Gasteiger charge is -2.26. The van der Waals surface area contributed by atoms with Gasteiger partial charge in [0.2, 0.25) is 10.0 Å². The molecule has 0 saturated carbocycles. The van der Waals surface area contributed by atoms with Gasteiger partial charge in [-0.25, -0.2) is 13.1 Å². The summed E-state index contributed by atoms with van der Waals surface area (Å²) in [6.07, 6.45) is 0. The van der Waals surface area contributed by atoms with E-state index in [1.54, 1.807) is 13.8 Å². The second-order valence-electron chi connectivity index (χ2n) is 5.35. The summed E-state index contributed by atoms with van der Waals surface area (Å²) in [5, 5.41) is 10.6. The second-order valence-corrected chi connectivity index (χ2v) is 7.03. The number of nitrogens with one attached hydrogen (secondary N) is 1. The Morgan fingerprint density at radius 3 is 2.05 bits per heavy atom. The maximum atomic E-state index is 12.4. The van der Waals surface area contributed by atoms with Crippen LogP contribution in [0.1, 0.15) is 19.4 Å². The fourth-order valence-corrected chi connectivity index (χ4v) is 3.46. The van der Waals surface area contributed by atoms with Crippen LogP contribution in [0, 0.1) is 10.1 Å². The maximum absolute atomic E-state index is 12.4. The number of benzene rings is 2. The molecular weight excluding hydrogens is 304 g/mol. The molecule has 22 heavy (non-hydrogen) atoms. The molecule has 0 radical (unpaired) electrons. The molecule has 0 unspecified atom stereocenters. The van der Waals surface area contributed by atoms with Gasteiger partial charge >= 0.3 is 0 Å². The van der Waals surface area contributed by atoms with Crippen LogP contribution in [0.15, 0.2) is 59.5 Å². The van der Waals surface area contributed by atoms with E-state index in [0.29, 0.717) is 0 Å². The quantitative estimate of drug-likeness (QED) is 0.677. The van der Waals surface area contributed by atoms with Crippen molar-refractivity contribution in [3.05, 3.63) is 70.3 Å². The molecule has 7 heteroatoms. The second kappa shape index (κ2) is 5.86. The summed E-state index contributed by atoms with van der Waals surface area (Å²) in [6.45, 7) is 3.51. The van der Waals surface area contributed by atoms with Crippen LogP contribution in [-0.2, 0) is 15.6 Å². The minimum Gasteiger partial charge on any atom is -0.258 e. The highest BCUT2D eigenvalue weighted by Crippen LogP contribution is 2.23. The largest absolute Gasteiger partial charge is 0.269 e. The smallest absolute Gasteiger partial charge is 0.258 e. The van der Waals surface area contributed by atoms with Crippen molar-refractivity contribution in [3.63, 3.8) is 0 Å². The van der Waals surface area contributed by atoms with E-state index in [4.69, 9.17) is 0 Å². The van der Waals surface area contributed by atoms with E-state index in [0.717, 1.165) is 5.56 Å². The molecule has 2 aromatic rings. The first-order chi connectivity index (χ1) is 10.2. The van der Waals surface area contributed by atoms with Crippen molar-refractivity contribution in [2.75, 3.05) is 0 Å². The minimum absolute atomic E-state index is 0.0119. The van der Waals surface area contributed by atoms with Gasteiger partial charge < -0.3 is 0 Å². The summed E-state index contributed by atoms with van der Waals surface area (Å²) in [6, 6.07) is 14.0. The van der Waals surface area contributed by atoms with Crippen LogP contribution >= 0.6 is 0 Å². The topological polar surface area (TPSA) is 89.3 Å². The number of nitrogens with zero attached hydrogens (tertiary/aromatic N) is 1. The van der Waals surface area contributed by atoms with Crippen LogP contribution in [0.25, 0.3) is 0 Å². The van der Waals surface area contributed by atoms with Crippen LogP contribution in [0.3, 0.4) is 0 Å². The van der Waals surface area contributed by atoms with E-state index in [2.05, 4.69) is 4.72 Å². The van der Waals surface area contributed by atoms with Crippen molar-refractivity contribution in [1.29, 1.82) is 0 Å². The van der Waals surface area contributed by atoms with E-state index in [9.17, 15) is 18.5 Å². The van der Waals surface area contributed by atoms with Crippen molar-refractivity contribution in [1.82, 2.24) is 4.72 Å².